The van der Waals surface area contributed by atoms with Crippen molar-refractivity contribution in [2.24, 2.45) is 0 Å². The van der Waals surface area contributed by atoms with Gasteiger partial charge in [0, 0.05) is 30.7 Å². The summed E-state index contributed by atoms with van der Waals surface area (Å²) >= 11 is 0. The minimum Gasteiger partial charge on any atom is -0.448 e. The van der Waals surface area contributed by atoms with E-state index in [0.29, 0.717) is 11.6 Å². The van der Waals surface area contributed by atoms with E-state index in [1.807, 2.05) is 18.2 Å². The molecule has 1 aliphatic heterocycles. The van der Waals surface area contributed by atoms with Gasteiger partial charge in [0.2, 0.25) is 5.91 Å². The van der Waals surface area contributed by atoms with Crippen LogP contribution in [0, 0.1) is 6.92 Å². The number of nitrogens with one attached hydrogen (secondary N) is 2. The van der Waals surface area contributed by atoms with Crippen molar-refractivity contribution in [3.05, 3.63) is 30.0 Å². The van der Waals surface area contributed by atoms with Crippen LogP contribution in [0.4, 0.5) is 11.5 Å². The lowest BCUT2D eigenvalue weighted by atomic mass is 9.94. The number of benzene rings is 1. The van der Waals surface area contributed by atoms with Crippen LogP contribution < -0.4 is 20.1 Å². The van der Waals surface area contributed by atoms with Gasteiger partial charge in [0.1, 0.15) is 11.8 Å². The number of nitrogens with zero attached hydrogens (tertiary/aromatic N) is 1. The number of carbonyl (C=O) groups excluding carboxylic acids is 1. The summed E-state index contributed by atoms with van der Waals surface area (Å²) in [5, 5.41) is 9.67. The number of aryl methyl sites for hydroxylation is 1. The van der Waals surface area contributed by atoms with Crippen molar-refractivity contribution >= 4 is 17.4 Å². The Morgan fingerprint density at radius 2 is 1.92 bits per heavy atom. The average molecular weight is 357 g/mol. The Balaban J connectivity index is 1.40. The van der Waals surface area contributed by atoms with Gasteiger partial charge in [-0.15, -0.1) is 0 Å². The first-order valence-electron chi connectivity index (χ1n) is 9.06. The van der Waals surface area contributed by atoms with Gasteiger partial charge in [0.15, 0.2) is 17.3 Å². The monoisotopic (exact) mass is 357 g/mol. The second-order valence-corrected chi connectivity index (χ2v) is 7.02. The van der Waals surface area contributed by atoms with Crippen molar-refractivity contribution in [2.45, 2.75) is 57.8 Å². The highest BCUT2D eigenvalue weighted by atomic mass is 16.7. The lowest BCUT2D eigenvalue weighted by molar-refractivity contribution is -0.116. The van der Waals surface area contributed by atoms with Crippen LogP contribution in [0.25, 0.3) is 0 Å². The van der Waals surface area contributed by atoms with E-state index in [1.54, 1.807) is 19.9 Å². The van der Waals surface area contributed by atoms with Crippen molar-refractivity contribution in [1.29, 1.82) is 0 Å². The van der Waals surface area contributed by atoms with Gasteiger partial charge in [-0.1, -0.05) is 11.6 Å². The maximum atomic E-state index is 12.3. The highest BCUT2D eigenvalue weighted by Gasteiger charge is 2.42. The van der Waals surface area contributed by atoms with Crippen LogP contribution >= 0.6 is 0 Å². The lowest BCUT2D eigenvalue weighted by Crippen LogP contribution is -2.40. The SMILES string of the molecule is Cc1cc(NC(=O)[C@@H](C)Nc2ccc3c(c2)OC2(CCCCC2)O3)no1. The van der Waals surface area contributed by atoms with Crippen LogP contribution in [0.5, 0.6) is 11.5 Å². The molecule has 1 aromatic heterocycles. The second-order valence-electron chi connectivity index (χ2n) is 7.02. The minimum atomic E-state index is -0.493. The van der Waals surface area contributed by atoms with Gasteiger partial charge in [-0.2, -0.15) is 0 Å². The Bertz CT molecular complexity index is 811. The Hall–Kier alpha value is -2.70. The van der Waals surface area contributed by atoms with Gasteiger partial charge < -0.3 is 24.6 Å². The van der Waals surface area contributed by atoms with E-state index < -0.39 is 11.8 Å². The third-order valence-electron chi connectivity index (χ3n) is 4.81. The van der Waals surface area contributed by atoms with Crippen molar-refractivity contribution in [3.63, 3.8) is 0 Å². The summed E-state index contributed by atoms with van der Waals surface area (Å²) in [6.07, 6.45) is 5.31. The zero-order chi connectivity index (χ0) is 18.1. The highest BCUT2D eigenvalue weighted by Crippen LogP contribution is 2.46. The van der Waals surface area contributed by atoms with Gasteiger partial charge in [-0.25, -0.2) is 0 Å². The van der Waals surface area contributed by atoms with Crippen LogP contribution in [0.1, 0.15) is 44.8 Å². The standard InChI is InChI=1S/C19H23N3O4/c1-12-10-17(22-26-12)21-18(23)13(2)20-14-6-7-15-16(11-14)25-19(24-15)8-4-3-5-9-19/h6-7,10-11,13,20H,3-5,8-9H2,1-2H3,(H,21,22,23)/t13-/m1/s1. The first-order chi connectivity index (χ1) is 12.5. The normalized spacial score (nSPS) is 18.5. The number of amides is 1. The molecule has 2 aliphatic rings. The van der Waals surface area contributed by atoms with E-state index in [-0.39, 0.29) is 5.91 Å². The molecule has 1 aliphatic carbocycles. The molecule has 0 radical (unpaired) electrons. The number of ether oxygens (including phenoxy) is 2. The summed E-state index contributed by atoms with van der Waals surface area (Å²) in [6, 6.07) is 6.91. The largest absolute Gasteiger partial charge is 0.448 e. The van der Waals surface area contributed by atoms with E-state index in [4.69, 9.17) is 14.0 Å². The predicted octanol–water partition coefficient (Wildman–Crippen LogP) is 3.85. The quantitative estimate of drug-likeness (QED) is 0.864. The van der Waals surface area contributed by atoms with Crippen molar-refractivity contribution in [2.75, 3.05) is 10.6 Å². The molecular weight excluding hydrogens is 334 g/mol. The molecule has 0 saturated heterocycles. The van der Waals surface area contributed by atoms with Crippen molar-refractivity contribution < 1.29 is 18.8 Å². The van der Waals surface area contributed by atoms with Gasteiger partial charge >= 0.3 is 0 Å². The third-order valence-corrected chi connectivity index (χ3v) is 4.81. The first-order valence-corrected chi connectivity index (χ1v) is 9.06. The van der Waals surface area contributed by atoms with Gasteiger partial charge in [0.05, 0.1) is 0 Å². The minimum absolute atomic E-state index is 0.195. The van der Waals surface area contributed by atoms with Crippen LogP contribution in [-0.2, 0) is 4.79 Å². The van der Waals surface area contributed by atoms with E-state index >= 15 is 0 Å². The number of fused-ring (bicyclic) bond motifs is 1. The van der Waals surface area contributed by atoms with Crippen LogP contribution in [-0.4, -0.2) is 22.9 Å². The van der Waals surface area contributed by atoms with Crippen LogP contribution in [0.2, 0.25) is 0 Å². The topological polar surface area (TPSA) is 85.6 Å². The number of anilines is 2. The molecule has 7 nitrogen and oxygen atoms in total. The molecule has 1 aromatic carbocycles. The van der Waals surface area contributed by atoms with Gasteiger partial charge in [-0.05, 0) is 38.8 Å². The fourth-order valence-corrected chi connectivity index (χ4v) is 3.45. The third kappa shape index (κ3) is 3.34. The highest BCUT2D eigenvalue weighted by molar-refractivity contribution is 5.95. The number of carbonyl (C=O) groups is 1. The molecule has 1 spiro atoms. The number of rotatable bonds is 4. The zero-order valence-electron chi connectivity index (χ0n) is 15.0. The Kier molecular flexibility index (Phi) is 4.22. The number of hydrogen-bond donors (Lipinski definition) is 2. The summed E-state index contributed by atoms with van der Waals surface area (Å²) in [6.45, 7) is 3.56. The maximum absolute atomic E-state index is 12.3. The maximum Gasteiger partial charge on any atom is 0.251 e. The Morgan fingerprint density at radius 3 is 2.65 bits per heavy atom. The summed E-state index contributed by atoms with van der Waals surface area (Å²) in [4.78, 5) is 12.3. The van der Waals surface area contributed by atoms with Crippen molar-refractivity contribution in [1.82, 2.24) is 5.16 Å². The molecule has 138 valence electrons. The van der Waals surface area contributed by atoms with E-state index in [2.05, 4.69) is 15.8 Å². The van der Waals surface area contributed by atoms with Crippen LogP contribution in [0.3, 0.4) is 0 Å². The molecule has 1 amide bonds. The molecule has 0 unspecified atom stereocenters. The molecule has 2 aromatic rings. The average Bonchev–Trinajstić information content (AvgIpc) is 3.18. The molecule has 26 heavy (non-hydrogen) atoms. The summed E-state index contributed by atoms with van der Waals surface area (Å²) in [5.41, 5.74) is 0.805. The van der Waals surface area contributed by atoms with Crippen molar-refractivity contribution in [3.8, 4) is 11.5 Å². The molecule has 1 fully saturated rings. The smallest absolute Gasteiger partial charge is 0.251 e. The predicted molar refractivity (Wildman–Crippen MR) is 96.5 cm³/mol. The Morgan fingerprint density at radius 1 is 1.15 bits per heavy atom. The molecule has 2 heterocycles. The van der Waals surface area contributed by atoms with E-state index in [0.717, 1.165) is 42.9 Å². The second kappa shape index (κ2) is 6.55. The van der Waals surface area contributed by atoms with E-state index in [1.165, 1.54) is 6.42 Å². The zero-order valence-corrected chi connectivity index (χ0v) is 15.0. The number of aromatic nitrogens is 1. The van der Waals surface area contributed by atoms with Crippen LogP contribution in [0.15, 0.2) is 28.8 Å². The summed E-state index contributed by atoms with van der Waals surface area (Å²) < 4.78 is 17.2. The molecule has 1 atom stereocenters. The first kappa shape index (κ1) is 16.8. The van der Waals surface area contributed by atoms with E-state index in [9.17, 15) is 4.79 Å². The Labute approximate surface area is 152 Å². The summed E-state index contributed by atoms with van der Waals surface area (Å²) in [5.74, 6) is 1.87. The molecular formula is C19H23N3O4. The fourth-order valence-electron chi connectivity index (χ4n) is 3.45. The van der Waals surface area contributed by atoms with Gasteiger partial charge in [-0.3, -0.25) is 4.79 Å². The molecule has 4 rings (SSSR count). The molecule has 1 saturated carbocycles. The lowest BCUT2D eigenvalue weighted by Gasteiger charge is -2.31. The molecule has 7 heteroatoms. The van der Waals surface area contributed by atoms with Gasteiger partial charge in [0.25, 0.3) is 5.79 Å². The fraction of sp³-hybridized carbons (Fsp3) is 0.474. The summed E-state index contributed by atoms with van der Waals surface area (Å²) in [7, 11) is 0. The molecule has 2 N–H and O–H groups in total. The molecule has 0 bridgehead atoms. The number of hydrogen-bond acceptors (Lipinski definition) is 6.